The molecule has 0 aliphatic carbocycles. The van der Waals surface area contributed by atoms with Crippen LogP contribution in [0.3, 0.4) is 0 Å². The SMILES string of the molecule is CCOc1ccc(-c2nnc(CCC(=O)N3CCN(c4ccc(F)cc4)CC3)c(=O)[nH]2)cc1. The number of aromatic nitrogens is 3. The molecule has 0 unspecified atom stereocenters. The number of hydrogen-bond donors (Lipinski definition) is 1. The Bertz CT molecular complexity index is 1140. The van der Waals surface area contributed by atoms with E-state index < -0.39 is 0 Å². The topological polar surface area (TPSA) is 91.4 Å². The second-order valence-electron chi connectivity index (χ2n) is 7.75. The van der Waals surface area contributed by atoms with E-state index in [-0.39, 0.29) is 35.8 Å². The minimum atomic E-state index is -0.345. The Morgan fingerprint density at radius 2 is 1.73 bits per heavy atom. The van der Waals surface area contributed by atoms with Crippen LogP contribution in [0.15, 0.2) is 53.3 Å². The number of amides is 1. The van der Waals surface area contributed by atoms with Gasteiger partial charge in [0.05, 0.1) is 6.61 Å². The minimum absolute atomic E-state index is 0.0226. The average Bonchev–Trinajstić information content (AvgIpc) is 2.84. The zero-order valence-electron chi connectivity index (χ0n) is 18.5. The number of hydrogen-bond acceptors (Lipinski definition) is 6. The fraction of sp³-hybridized carbons (Fsp3) is 0.333. The van der Waals surface area contributed by atoms with Crippen molar-refractivity contribution in [1.82, 2.24) is 20.1 Å². The number of carbonyl (C=O) groups is 1. The number of aryl methyl sites for hydroxylation is 1. The van der Waals surface area contributed by atoms with Crippen molar-refractivity contribution in [2.75, 3.05) is 37.7 Å². The van der Waals surface area contributed by atoms with Crippen molar-refractivity contribution in [3.05, 3.63) is 70.4 Å². The molecule has 2 aromatic carbocycles. The van der Waals surface area contributed by atoms with Crippen molar-refractivity contribution < 1.29 is 13.9 Å². The highest BCUT2D eigenvalue weighted by Crippen LogP contribution is 2.19. The van der Waals surface area contributed by atoms with Crippen molar-refractivity contribution >= 4 is 11.6 Å². The number of anilines is 1. The normalized spacial score (nSPS) is 13.8. The zero-order valence-corrected chi connectivity index (χ0v) is 18.5. The molecular formula is C24H26FN5O3. The highest BCUT2D eigenvalue weighted by atomic mass is 19.1. The summed E-state index contributed by atoms with van der Waals surface area (Å²) in [4.78, 5) is 31.7. The largest absolute Gasteiger partial charge is 0.494 e. The van der Waals surface area contributed by atoms with E-state index in [2.05, 4.69) is 20.1 Å². The number of aromatic amines is 1. The number of H-pyrrole nitrogens is 1. The molecule has 33 heavy (non-hydrogen) atoms. The van der Waals surface area contributed by atoms with Crippen LogP contribution >= 0.6 is 0 Å². The van der Waals surface area contributed by atoms with E-state index >= 15 is 0 Å². The zero-order chi connectivity index (χ0) is 23.2. The minimum Gasteiger partial charge on any atom is -0.494 e. The Kier molecular flexibility index (Phi) is 6.97. The number of ether oxygens (including phenoxy) is 1. The summed E-state index contributed by atoms with van der Waals surface area (Å²) in [7, 11) is 0. The van der Waals surface area contributed by atoms with Gasteiger partial charge in [-0.05, 0) is 55.5 Å². The third-order valence-electron chi connectivity index (χ3n) is 5.60. The van der Waals surface area contributed by atoms with E-state index in [1.807, 2.05) is 6.92 Å². The van der Waals surface area contributed by atoms with Crippen LogP contribution in [0.25, 0.3) is 11.4 Å². The Hall–Kier alpha value is -3.75. The first-order valence-electron chi connectivity index (χ1n) is 11.0. The van der Waals surface area contributed by atoms with Crippen LogP contribution in [-0.4, -0.2) is 58.8 Å². The van der Waals surface area contributed by atoms with Gasteiger partial charge in [0.15, 0.2) is 5.82 Å². The summed E-state index contributed by atoms with van der Waals surface area (Å²) in [5.41, 5.74) is 1.56. The fourth-order valence-electron chi connectivity index (χ4n) is 3.78. The quantitative estimate of drug-likeness (QED) is 0.594. The van der Waals surface area contributed by atoms with Crippen LogP contribution in [0.2, 0.25) is 0 Å². The van der Waals surface area contributed by atoms with Crippen molar-refractivity contribution in [1.29, 1.82) is 0 Å². The van der Waals surface area contributed by atoms with Crippen LogP contribution < -0.4 is 15.2 Å². The first-order valence-corrected chi connectivity index (χ1v) is 11.0. The highest BCUT2D eigenvalue weighted by molar-refractivity contribution is 5.76. The second kappa shape index (κ2) is 10.2. The molecule has 1 aliphatic heterocycles. The molecule has 1 aliphatic rings. The van der Waals surface area contributed by atoms with Gasteiger partial charge in [0.1, 0.15) is 17.3 Å². The molecule has 1 saturated heterocycles. The summed E-state index contributed by atoms with van der Waals surface area (Å²) < 4.78 is 18.5. The maximum Gasteiger partial charge on any atom is 0.273 e. The lowest BCUT2D eigenvalue weighted by molar-refractivity contribution is -0.131. The van der Waals surface area contributed by atoms with Gasteiger partial charge in [-0.15, -0.1) is 10.2 Å². The standard InChI is InChI=1S/C24H26FN5O3/c1-2-33-20-9-3-17(4-10-20)23-26-24(32)21(27-28-23)11-12-22(31)30-15-13-29(14-16-30)19-7-5-18(25)6-8-19/h3-10H,2,11-16H2,1H3,(H,26,28,32). The van der Waals surface area contributed by atoms with E-state index in [0.29, 0.717) is 38.6 Å². The molecule has 0 bridgehead atoms. The van der Waals surface area contributed by atoms with E-state index in [0.717, 1.165) is 17.0 Å². The molecule has 9 heteroatoms. The summed E-state index contributed by atoms with van der Waals surface area (Å²) in [6.07, 6.45) is 0.416. The van der Waals surface area contributed by atoms with E-state index in [4.69, 9.17) is 4.74 Å². The number of piperazine rings is 1. The molecule has 1 N–H and O–H groups in total. The van der Waals surface area contributed by atoms with Crippen LogP contribution in [0.1, 0.15) is 19.0 Å². The number of halogens is 1. The lowest BCUT2D eigenvalue weighted by Gasteiger charge is -2.36. The summed E-state index contributed by atoms with van der Waals surface area (Å²) in [5.74, 6) is 0.823. The molecule has 1 amide bonds. The number of nitrogens with one attached hydrogen (secondary N) is 1. The van der Waals surface area contributed by atoms with E-state index in [1.54, 1.807) is 41.3 Å². The second-order valence-corrected chi connectivity index (χ2v) is 7.75. The first-order chi connectivity index (χ1) is 16.0. The number of nitrogens with zero attached hydrogens (tertiary/aromatic N) is 4. The molecule has 1 fully saturated rings. The van der Waals surface area contributed by atoms with Crippen LogP contribution in [-0.2, 0) is 11.2 Å². The van der Waals surface area contributed by atoms with Crippen LogP contribution in [0.4, 0.5) is 10.1 Å². The molecule has 0 saturated carbocycles. The van der Waals surface area contributed by atoms with Crippen LogP contribution in [0, 0.1) is 5.82 Å². The van der Waals surface area contributed by atoms with Crippen molar-refractivity contribution in [3.63, 3.8) is 0 Å². The molecular weight excluding hydrogens is 425 g/mol. The number of rotatable bonds is 7. The molecule has 3 aromatic rings. The molecule has 0 radical (unpaired) electrons. The third kappa shape index (κ3) is 5.54. The Morgan fingerprint density at radius 3 is 2.36 bits per heavy atom. The van der Waals surface area contributed by atoms with Gasteiger partial charge in [-0.1, -0.05) is 0 Å². The monoisotopic (exact) mass is 451 g/mol. The number of benzene rings is 2. The van der Waals surface area contributed by atoms with Crippen LogP contribution in [0.5, 0.6) is 5.75 Å². The van der Waals surface area contributed by atoms with Gasteiger partial charge in [-0.2, -0.15) is 0 Å². The molecule has 2 heterocycles. The van der Waals surface area contributed by atoms with Crippen molar-refractivity contribution in [2.24, 2.45) is 0 Å². The van der Waals surface area contributed by atoms with Gasteiger partial charge in [0.25, 0.3) is 5.56 Å². The highest BCUT2D eigenvalue weighted by Gasteiger charge is 2.21. The van der Waals surface area contributed by atoms with Gasteiger partial charge in [-0.3, -0.25) is 9.59 Å². The van der Waals surface area contributed by atoms with Crippen molar-refractivity contribution in [2.45, 2.75) is 19.8 Å². The molecule has 0 atom stereocenters. The predicted octanol–water partition coefficient (Wildman–Crippen LogP) is 2.65. The summed E-state index contributed by atoms with van der Waals surface area (Å²) in [6.45, 7) is 4.99. The summed E-state index contributed by atoms with van der Waals surface area (Å²) in [5, 5.41) is 8.18. The van der Waals surface area contributed by atoms with E-state index in [1.165, 1.54) is 12.1 Å². The third-order valence-corrected chi connectivity index (χ3v) is 5.60. The van der Waals surface area contributed by atoms with Gasteiger partial charge in [0, 0.05) is 50.3 Å². The molecule has 8 nitrogen and oxygen atoms in total. The lowest BCUT2D eigenvalue weighted by Crippen LogP contribution is -2.48. The molecule has 4 rings (SSSR count). The lowest BCUT2D eigenvalue weighted by atomic mass is 10.2. The van der Waals surface area contributed by atoms with Gasteiger partial charge >= 0.3 is 0 Å². The number of carbonyl (C=O) groups excluding carboxylic acids is 1. The molecule has 172 valence electrons. The van der Waals surface area contributed by atoms with Gasteiger partial charge in [0.2, 0.25) is 5.91 Å². The van der Waals surface area contributed by atoms with E-state index in [9.17, 15) is 14.0 Å². The maximum atomic E-state index is 13.1. The van der Waals surface area contributed by atoms with Gasteiger partial charge in [-0.25, -0.2) is 4.39 Å². The Labute approximate surface area is 191 Å². The summed E-state index contributed by atoms with van der Waals surface area (Å²) in [6, 6.07) is 13.6. The Balaban J connectivity index is 1.30. The maximum absolute atomic E-state index is 13.1. The fourth-order valence-corrected chi connectivity index (χ4v) is 3.78. The first kappa shape index (κ1) is 22.4. The average molecular weight is 452 g/mol. The molecule has 0 spiro atoms. The van der Waals surface area contributed by atoms with Gasteiger partial charge < -0.3 is 19.5 Å². The summed E-state index contributed by atoms with van der Waals surface area (Å²) >= 11 is 0. The Morgan fingerprint density at radius 1 is 1.03 bits per heavy atom. The smallest absolute Gasteiger partial charge is 0.273 e. The molecule has 1 aromatic heterocycles. The predicted molar refractivity (Wildman–Crippen MR) is 123 cm³/mol. The van der Waals surface area contributed by atoms with Crippen molar-refractivity contribution in [3.8, 4) is 17.1 Å².